The van der Waals surface area contributed by atoms with E-state index in [0.29, 0.717) is 6.61 Å². The molecule has 2 N–H and O–H groups in total. The number of rotatable bonds is 6. The molecule has 0 spiro atoms. The Morgan fingerprint density at radius 2 is 1.70 bits per heavy atom. The minimum atomic E-state index is -0.0756. The Hall–Kier alpha value is -1.16. The lowest BCUT2D eigenvalue weighted by atomic mass is 9.96. The van der Waals surface area contributed by atoms with Gasteiger partial charge in [-0.15, -0.1) is 0 Å². The lowest BCUT2D eigenvalue weighted by Crippen LogP contribution is -2.32. The molecule has 0 radical (unpaired) electrons. The Morgan fingerprint density at radius 1 is 1.05 bits per heavy atom. The van der Waals surface area contributed by atoms with E-state index in [1.807, 2.05) is 43.3 Å². The Kier molecular flexibility index (Phi) is 5.77. The molecular weight excluding hydrogens is 314 g/mol. The summed E-state index contributed by atoms with van der Waals surface area (Å²) in [6.07, 6.45) is 0.703. The zero-order valence-electron chi connectivity index (χ0n) is 11.6. The van der Waals surface area contributed by atoms with Gasteiger partial charge in [0.1, 0.15) is 0 Å². The molecule has 0 aromatic heterocycles. The fourth-order valence-corrected chi connectivity index (χ4v) is 2.76. The highest BCUT2D eigenvalue weighted by atomic mass is 79.9. The van der Waals surface area contributed by atoms with Gasteiger partial charge in [-0.1, -0.05) is 64.5 Å². The Bertz CT molecular complexity index is 530. The molecule has 0 saturated carbocycles. The van der Waals surface area contributed by atoms with Crippen LogP contribution in [-0.4, -0.2) is 12.6 Å². The standard InChI is InChI=1S/C17H20BrNO/c1-2-20-17(13-8-4-3-5-9-13)16(19)12-14-10-6-7-11-15(14)18/h3-11,16-17H,2,12,19H2,1H3. The lowest BCUT2D eigenvalue weighted by molar-refractivity contribution is 0.0433. The first-order chi connectivity index (χ1) is 9.72. The summed E-state index contributed by atoms with van der Waals surface area (Å²) in [6, 6.07) is 18.3. The normalized spacial score (nSPS) is 13.9. The SMILES string of the molecule is CCOC(c1ccccc1)C(N)Cc1ccccc1Br. The van der Waals surface area contributed by atoms with E-state index in [9.17, 15) is 0 Å². The third-order valence-corrected chi connectivity index (χ3v) is 4.05. The van der Waals surface area contributed by atoms with Crippen LogP contribution in [0.2, 0.25) is 0 Å². The lowest BCUT2D eigenvalue weighted by Gasteiger charge is -2.24. The van der Waals surface area contributed by atoms with Crippen LogP contribution in [0.4, 0.5) is 0 Å². The van der Waals surface area contributed by atoms with Crippen LogP contribution in [0.1, 0.15) is 24.2 Å². The maximum absolute atomic E-state index is 6.39. The molecule has 0 aliphatic rings. The van der Waals surface area contributed by atoms with Gasteiger partial charge in [0, 0.05) is 17.1 Å². The van der Waals surface area contributed by atoms with Gasteiger partial charge in [0.15, 0.2) is 0 Å². The van der Waals surface area contributed by atoms with Gasteiger partial charge in [-0.2, -0.15) is 0 Å². The Labute approximate surface area is 129 Å². The Morgan fingerprint density at radius 3 is 2.35 bits per heavy atom. The topological polar surface area (TPSA) is 35.2 Å². The van der Waals surface area contributed by atoms with Crippen molar-refractivity contribution in [3.63, 3.8) is 0 Å². The summed E-state index contributed by atoms with van der Waals surface area (Å²) in [5.74, 6) is 0. The molecule has 106 valence electrons. The van der Waals surface area contributed by atoms with E-state index in [1.54, 1.807) is 0 Å². The van der Waals surface area contributed by atoms with Gasteiger partial charge in [-0.05, 0) is 30.5 Å². The maximum Gasteiger partial charge on any atom is 0.0978 e. The van der Waals surface area contributed by atoms with Crippen molar-refractivity contribution in [3.05, 3.63) is 70.2 Å². The highest BCUT2D eigenvalue weighted by Gasteiger charge is 2.21. The molecule has 2 aromatic carbocycles. The minimum Gasteiger partial charge on any atom is -0.372 e. The minimum absolute atomic E-state index is 0.0731. The molecule has 0 heterocycles. The van der Waals surface area contributed by atoms with E-state index in [4.69, 9.17) is 10.5 Å². The average Bonchev–Trinajstić information content (AvgIpc) is 2.48. The van der Waals surface area contributed by atoms with Crippen molar-refractivity contribution in [1.82, 2.24) is 0 Å². The summed E-state index contributed by atoms with van der Waals surface area (Å²) < 4.78 is 6.96. The van der Waals surface area contributed by atoms with Crippen LogP contribution >= 0.6 is 15.9 Å². The van der Waals surface area contributed by atoms with Crippen molar-refractivity contribution in [2.24, 2.45) is 5.73 Å². The van der Waals surface area contributed by atoms with E-state index in [0.717, 1.165) is 16.5 Å². The van der Waals surface area contributed by atoms with E-state index < -0.39 is 0 Å². The molecule has 2 atom stereocenters. The summed E-state index contributed by atoms with van der Waals surface area (Å²) in [6.45, 7) is 2.66. The molecule has 0 bridgehead atoms. The van der Waals surface area contributed by atoms with Gasteiger partial charge in [0.05, 0.1) is 6.10 Å². The first-order valence-electron chi connectivity index (χ1n) is 6.88. The van der Waals surface area contributed by atoms with Crippen molar-refractivity contribution in [1.29, 1.82) is 0 Å². The number of hydrogen-bond acceptors (Lipinski definition) is 2. The largest absolute Gasteiger partial charge is 0.372 e. The molecule has 2 rings (SSSR count). The number of benzene rings is 2. The summed E-state index contributed by atoms with van der Waals surface area (Å²) in [7, 11) is 0. The van der Waals surface area contributed by atoms with Crippen LogP contribution in [0.5, 0.6) is 0 Å². The van der Waals surface area contributed by atoms with E-state index in [1.165, 1.54) is 5.56 Å². The third-order valence-electron chi connectivity index (χ3n) is 3.28. The van der Waals surface area contributed by atoms with Crippen molar-refractivity contribution in [3.8, 4) is 0 Å². The summed E-state index contributed by atoms with van der Waals surface area (Å²) >= 11 is 3.57. The van der Waals surface area contributed by atoms with E-state index in [2.05, 4.69) is 34.1 Å². The summed E-state index contributed by atoms with van der Waals surface area (Å²) in [5, 5.41) is 0. The third kappa shape index (κ3) is 3.92. The quantitative estimate of drug-likeness (QED) is 0.863. The van der Waals surface area contributed by atoms with Gasteiger partial charge < -0.3 is 10.5 Å². The predicted octanol–water partition coefficient (Wildman–Crippen LogP) is 4.10. The highest BCUT2D eigenvalue weighted by Crippen LogP contribution is 2.25. The number of hydrogen-bond donors (Lipinski definition) is 1. The van der Waals surface area contributed by atoms with Crippen molar-refractivity contribution in [2.45, 2.75) is 25.5 Å². The molecule has 20 heavy (non-hydrogen) atoms. The first kappa shape index (κ1) is 15.2. The molecule has 0 amide bonds. The van der Waals surface area contributed by atoms with Crippen LogP contribution in [-0.2, 0) is 11.2 Å². The summed E-state index contributed by atoms with van der Waals surface area (Å²) in [4.78, 5) is 0. The van der Waals surface area contributed by atoms with Crippen LogP contribution in [0.25, 0.3) is 0 Å². The van der Waals surface area contributed by atoms with Gasteiger partial charge in [0.2, 0.25) is 0 Å². The van der Waals surface area contributed by atoms with E-state index in [-0.39, 0.29) is 12.1 Å². The monoisotopic (exact) mass is 333 g/mol. The fourth-order valence-electron chi connectivity index (χ4n) is 2.31. The van der Waals surface area contributed by atoms with Gasteiger partial charge in [-0.3, -0.25) is 0 Å². The molecule has 0 saturated heterocycles. The number of halogens is 1. The zero-order valence-corrected chi connectivity index (χ0v) is 13.2. The molecule has 0 fully saturated rings. The summed E-state index contributed by atoms with van der Waals surface area (Å²) in [5.41, 5.74) is 8.73. The second-order valence-corrected chi connectivity index (χ2v) is 5.60. The van der Waals surface area contributed by atoms with Crippen LogP contribution in [0, 0.1) is 0 Å². The van der Waals surface area contributed by atoms with Gasteiger partial charge in [0.25, 0.3) is 0 Å². The average molecular weight is 334 g/mol. The second-order valence-electron chi connectivity index (χ2n) is 4.75. The Balaban J connectivity index is 2.16. The van der Waals surface area contributed by atoms with Gasteiger partial charge >= 0.3 is 0 Å². The zero-order chi connectivity index (χ0) is 14.4. The number of ether oxygens (including phenoxy) is 1. The maximum atomic E-state index is 6.39. The molecule has 2 unspecified atom stereocenters. The van der Waals surface area contributed by atoms with Crippen LogP contribution < -0.4 is 5.73 Å². The molecular formula is C17H20BrNO. The smallest absolute Gasteiger partial charge is 0.0978 e. The van der Waals surface area contributed by atoms with Crippen molar-refractivity contribution in [2.75, 3.05) is 6.61 Å². The van der Waals surface area contributed by atoms with Gasteiger partial charge in [-0.25, -0.2) is 0 Å². The molecule has 2 nitrogen and oxygen atoms in total. The molecule has 0 aliphatic heterocycles. The fraction of sp³-hybridized carbons (Fsp3) is 0.294. The van der Waals surface area contributed by atoms with Crippen LogP contribution in [0.15, 0.2) is 59.1 Å². The van der Waals surface area contributed by atoms with Crippen molar-refractivity contribution < 1.29 is 4.74 Å². The first-order valence-corrected chi connectivity index (χ1v) is 7.67. The molecule has 2 aromatic rings. The highest BCUT2D eigenvalue weighted by molar-refractivity contribution is 9.10. The van der Waals surface area contributed by atoms with Crippen molar-refractivity contribution >= 4 is 15.9 Å². The molecule has 0 aliphatic carbocycles. The number of nitrogens with two attached hydrogens (primary N) is 1. The predicted molar refractivity (Wildman–Crippen MR) is 86.6 cm³/mol. The van der Waals surface area contributed by atoms with E-state index >= 15 is 0 Å². The molecule has 3 heteroatoms. The van der Waals surface area contributed by atoms with Crippen LogP contribution in [0.3, 0.4) is 0 Å². The second kappa shape index (κ2) is 7.58.